The van der Waals surface area contributed by atoms with Crippen LogP contribution in [0.25, 0.3) is 89.2 Å². The molecule has 10 aromatic rings. The SMILES string of the molecule is CC(C)(C)c1ccc2c(c1)c1cc(C(C)(C)C)cc3c1n2-c1cc(-c2nc(-c4ccccc4)nc(-c4ccccc4)n2)cc2c1B3c1cc(C(C)(C)C)cc3c4cc(C(C)(C)C)ccc4n-2c13. The first-order chi connectivity index (χ1) is 31.7. The number of hydrogen-bond acceptors (Lipinski definition) is 3. The van der Waals surface area contributed by atoms with E-state index in [0.29, 0.717) is 17.5 Å². The monoisotopic (exact) mass is 871 g/mol. The summed E-state index contributed by atoms with van der Waals surface area (Å²) in [5.41, 5.74) is 19.5. The van der Waals surface area contributed by atoms with Crippen molar-refractivity contribution in [3.63, 3.8) is 0 Å². The Morgan fingerprint density at radius 1 is 0.358 bits per heavy atom. The summed E-state index contributed by atoms with van der Waals surface area (Å²) >= 11 is 0. The Labute approximate surface area is 395 Å². The second-order valence-electron chi connectivity index (χ2n) is 23.5. The molecular formula is C61H58BN5. The Morgan fingerprint density at radius 2 is 0.716 bits per heavy atom. The van der Waals surface area contributed by atoms with Crippen molar-refractivity contribution in [3.8, 4) is 45.5 Å². The van der Waals surface area contributed by atoms with Crippen LogP contribution in [0.15, 0.2) is 133 Å². The highest BCUT2D eigenvalue weighted by Crippen LogP contribution is 2.44. The fourth-order valence-corrected chi connectivity index (χ4v) is 10.9. The zero-order chi connectivity index (χ0) is 46.7. The van der Waals surface area contributed by atoms with Crippen LogP contribution in [0.2, 0.25) is 0 Å². The van der Waals surface area contributed by atoms with E-state index in [1.54, 1.807) is 0 Å². The summed E-state index contributed by atoms with van der Waals surface area (Å²) in [6.07, 6.45) is 0. The summed E-state index contributed by atoms with van der Waals surface area (Å²) in [7, 11) is 0. The van der Waals surface area contributed by atoms with Crippen molar-refractivity contribution >= 4 is 66.7 Å². The molecular weight excluding hydrogens is 814 g/mol. The number of fused-ring (bicyclic) bond motifs is 10. The number of aromatic nitrogens is 5. The van der Waals surface area contributed by atoms with Gasteiger partial charge in [-0.2, -0.15) is 0 Å². The molecule has 67 heavy (non-hydrogen) atoms. The molecule has 0 N–H and O–H groups in total. The highest BCUT2D eigenvalue weighted by Gasteiger charge is 2.43. The van der Waals surface area contributed by atoms with E-state index in [1.165, 1.54) is 93.6 Å². The van der Waals surface area contributed by atoms with Crippen molar-refractivity contribution in [2.24, 2.45) is 0 Å². The average Bonchev–Trinajstić information content (AvgIpc) is 3.81. The number of rotatable bonds is 3. The summed E-state index contributed by atoms with van der Waals surface area (Å²) in [5, 5.41) is 5.20. The maximum Gasteiger partial charge on any atom is 0.252 e. The third kappa shape index (κ3) is 6.31. The van der Waals surface area contributed by atoms with Gasteiger partial charge in [0.25, 0.3) is 6.71 Å². The highest BCUT2D eigenvalue weighted by molar-refractivity contribution is 7.00. The van der Waals surface area contributed by atoms with Crippen molar-refractivity contribution in [2.75, 3.05) is 0 Å². The second-order valence-corrected chi connectivity index (χ2v) is 23.5. The lowest BCUT2D eigenvalue weighted by atomic mass is 9.34. The fourth-order valence-electron chi connectivity index (χ4n) is 10.9. The van der Waals surface area contributed by atoms with Gasteiger partial charge in [0.1, 0.15) is 0 Å². The lowest BCUT2D eigenvalue weighted by Crippen LogP contribution is -2.59. The Hall–Kier alpha value is -6.79. The molecule has 0 amide bonds. The van der Waals surface area contributed by atoms with Gasteiger partial charge >= 0.3 is 0 Å². The van der Waals surface area contributed by atoms with Gasteiger partial charge in [-0.3, -0.25) is 0 Å². The van der Waals surface area contributed by atoms with Gasteiger partial charge in [0, 0.05) is 60.6 Å². The summed E-state index contributed by atoms with van der Waals surface area (Å²) in [6, 6.07) is 49.9. The molecule has 0 atom stereocenters. The Balaban J connectivity index is 1.28. The lowest BCUT2D eigenvalue weighted by Gasteiger charge is -2.35. The zero-order valence-corrected chi connectivity index (χ0v) is 41.0. The Bertz CT molecular complexity index is 3480. The van der Waals surface area contributed by atoms with E-state index in [4.69, 9.17) is 15.0 Å². The van der Waals surface area contributed by atoms with Crippen LogP contribution in [-0.2, 0) is 21.7 Å². The normalized spacial score (nSPS) is 13.6. The van der Waals surface area contributed by atoms with Crippen molar-refractivity contribution in [3.05, 3.63) is 156 Å². The first-order valence-electron chi connectivity index (χ1n) is 24.1. The molecule has 0 aliphatic carbocycles. The quantitative estimate of drug-likeness (QED) is 0.166. The molecule has 12 rings (SSSR count). The van der Waals surface area contributed by atoms with Crippen LogP contribution in [0.1, 0.15) is 105 Å². The fraction of sp³-hybridized carbons (Fsp3) is 0.262. The topological polar surface area (TPSA) is 48.5 Å². The van der Waals surface area contributed by atoms with Crippen LogP contribution in [0.5, 0.6) is 0 Å². The minimum atomic E-state index is -0.0746. The van der Waals surface area contributed by atoms with Gasteiger partial charge in [-0.25, -0.2) is 15.0 Å². The van der Waals surface area contributed by atoms with E-state index in [1.807, 2.05) is 12.1 Å². The molecule has 7 aromatic carbocycles. The van der Waals surface area contributed by atoms with E-state index in [0.717, 1.165) is 16.7 Å². The molecule has 0 radical (unpaired) electrons. The first kappa shape index (κ1) is 41.6. The number of nitrogens with zero attached hydrogens (tertiary/aromatic N) is 5. The van der Waals surface area contributed by atoms with Crippen LogP contribution in [0.3, 0.4) is 0 Å². The molecule has 0 fully saturated rings. The van der Waals surface area contributed by atoms with E-state index >= 15 is 0 Å². The third-order valence-corrected chi connectivity index (χ3v) is 14.7. The maximum absolute atomic E-state index is 5.36. The molecule has 5 nitrogen and oxygen atoms in total. The molecule has 5 heterocycles. The molecule has 0 bridgehead atoms. The molecule has 0 unspecified atom stereocenters. The molecule has 0 saturated heterocycles. The second kappa shape index (κ2) is 13.9. The minimum Gasteiger partial charge on any atom is -0.310 e. The molecule has 6 heteroatoms. The largest absolute Gasteiger partial charge is 0.310 e. The predicted octanol–water partition coefficient (Wildman–Crippen LogP) is 13.4. The highest BCUT2D eigenvalue weighted by atomic mass is 15.1. The Kier molecular flexibility index (Phi) is 8.63. The van der Waals surface area contributed by atoms with E-state index in [-0.39, 0.29) is 28.4 Å². The van der Waals surface area contributed by atoms with E-state index < -0.39 is 0 Å². The summed E-state index contributed by atoms with van der Waals surface area (Å²) < 4.78 is 5.18. The van der Waals surface area contributed by atoms with Gasteiger partial charge in [0.15, 0.2) is 17.5 Å². The maximum atomic E-state index is 5.36. The van der Waals surface area contributed by atoms with Gasteiger partial charge < -0.3 is 9.13 Å². The van der Waals surface area contributed by atoms with E-state index in [9.17, 15) is 0 Å². The molecule has 0 spiro atoms. The smallest absolute Gasteiger partial charge is 0.252 e. The van der Waals surface area contributed by atoms with Crippen LogP contribution >= 0.6 is 0 Å². The first-order valence-corrected chi connectivity index (χ1v) is 24.1. The van der Waals surface area contributed by atoms with Crippen LogP contribution in [0.4, 0.5) is 0 Å². The van der Waals surface area contributed by atoms with Crippen LogP contribution in [0, 0.1) is 0 Å². The van der Waals surface area contributed by atoms with Gasteiger partial charge in [-0.1, -0.05) is 168 Å². The van der Waals surface area contributed by atoms with Crippen molar-refractivity contribution in [1.82, 2.24) is 24.1 Å². The van der Waals surface area contributed by atoms with Gasteiger partial charge in [0.2, 0.25) is 0 Å². The van der Waals surface area contributed by atoms with Gasteiger partial charge in [-0.15, -0.1) is 0 Å². The minimum absolute atomic E-state index is 0.0149. The molecule has 2 aliphatic rings. The van der Waals surface area contributed by atoms with Crippen LogP contribution < -0.4 is 16.4 Å². The number of hydrogen-bond donors (Lipinski definition) is 0. The molecule has 330 valence electrons. The number of benzene rings is 7. The summed E-state index contributed by atoms with van der Waals surface area (Å²) in [5.74, 6) is 1.96. The van der Waals surface area contributed by atoms with Crippen molar-refractivity contribution in [1.29, 1.82) is 0 Å². The molecule has 3 aromatic heterocycles. The van der Waals surface area contributed by atoms with Gasteiger partial charge in [0.05, 0.1) is 11.0 Å². The van der Waals surface area contributed by atoms with E-state index in [2.05, 4.69) is 214 Å². The average molecular weight is 872 g/mol. The Morgan fingerprint density at radius 3 is 1.09 bits per heavy atom. The molecule has 0 saturated carbocycles. The van der Waals surface area contributed by atoms with Crippen molar-refractivity contribution in [2.45, 2.75) is 105 Å². The standard InChI is InChI=1S/C61H58BN5/c1-58(2,3)38-23-25-48-42(29-38)44-31-40(60(7,8)9)33-46-53(44)66(48)50-27-37(57-64-55(35-19-15-13-16-20-35)63-56(65-57)36-21-17-14-18-22-36)28-51-52(50)62(46)47-34-41(61(10,11)12)32-45-43-30-39(59(4,5)6)24-26-49(43)67(51)54(45)47/h13-34H,1-12H3. The van der Waals surface area contributed by atoms with Crippen LogP contribution in [-0.4, -0.2) is 30.8 Å². The zero-order valence-electron chi connectivity index (χ0n) is 41.0. The van der Waals surface area contributed by atoms with Gasteiger partial charge in [-0.05, 0) is 109 Å². The molecule has 2 aliphatic heterocycles. The summed E-state index contributed by atoms with van der Waals surface area (Å²) in [4.78, 5) is 15.8. The lowest BCUT2D eigenvalue weighted by molar-refractivity contribution is 0.590. The predicted molar refractivity (Wildman–Crippen MR) is 284 cm³/mol. The van der Waals surface area contributed by atoms with Crippen molar-refractivity contribution < 1.29 is 0 Å². The summed E-state index contributed by atoms with van der Waals surface area (Å²) in [6.45, 7) is 28.1. The third-order valence-electron chi connectivity index (χ3n) is 14.7.